The Morgan fingerprint density at radius 2 is 1.81 bits per heavy atom. The Bertz CT molecular complexity index is 697. The lowest BCUT2D eigenvalue weighted by Gasteiger charge is -2.24. The maximum atomic E-state index is 14.3. The first-order valence-electron chi connectivity index (χ1n) is 8.77. The lowest BCUT2D eigenvalue weighted by atomic mass is 10.1. The summed E-state index contributed by atoms with van der Waals surface area (Å²) in [6, 6.07) is 15.6. The van der Waals surface area contributed by atoms with E-state index < -0.39 is 17.1 Å². The smallest absolute Gasteiger partial charge is 0.260 e. The van der Waals surface area contributed by atoms with Gasteiger partial charge >= 0.3 is 0 Å². The van der Waals surface area contributed by atoms with Crippen molar-refractivity contribution in [3.05, 3.63) is 60.2 Å². The van der Waals surface area contributed by atoms with Crippen molar-refractivity contribution in [2.45, 2.75) is 35.3 Å². The normalized spacial score (nSPS) is 19.6. The van der Waals surface area contributed by atoms with Crippen LogP contribution in [0.1, 0.15) is 18.4 Å². The highest BCUT2D eigenvalue weighted by atomic mass is 32.2. The van der Waals surface area contributed by atoms with Gasteiger partial charge in [-0.3, -0.25) is 4.90 Å². The molecule has 0 aliphatic carbocycles. The molecule has 1 saturated heterocycles. The van der Waals surface area contributed by atoms with Crippen LogP contribution >= 0.6 is 0 Å². The van der Waals surface area contributed by atoms with E-state index in [-0.39, 0.29) is 24.0 Å². The molecule has 3 nitrogen and oxygen atoms in total. The molecule has 1 heterocycles. The highest BCUT2D eigenvalue weighted by molar-refractivity contribution is 7.92. The molecule has 2 aromatic carbocycles. The van der Waals surface area contributed by atoms with Gasteiger partial charge in [0.25, 0.3) is 5.92 Å². The van der Waals surface area contributed by atoms with Gasteiger partial charge in [-0.25, -0.2) is 8.78 Å². The van der Waals surface area contributed by atoms with E-state index in [0.29, 0.717) is 30.8 Å². The van der Waals surface area contributed by atoms with Crippen LogP contribution in [0.3, 0.4) is 0 Å². The minimum absolute atomic E-state index is 0.122. The Morgan fingerprint density at radius 1 is 1.12 bits per heavy atom. The van der Waals surface area contributed by atoms with E-state index in [1.54, 1.807) is 17.0 Å². The van der Waals surface area contributed by atoms with Gasteiger partial charge in [0.05, 0.1) is 6.54 Å². The maximum Gasteiger partial charge on any atom is 0.260 e. The summed E-state index contributed by atoms with van der Waals surface area (Å²) in [4.78, 5) is 2.35. The van der Waals surface area contributed by atoms with Crippen LogP contribution < -0.4 is 0 Å². The molecule has 0 amide bonds. The minimum atomic E-state index is -2.76. The van der Waals surface area contributed by atoms with E-state index in [4.69, 9.17) is 0 Å². The van der Waals surface area contributed by atoms with Crippen molar-refractivity contribution in [1.29, 1.82) is 0 Å². The van der Waals surface area contributed by atoms with Crippen LogP contribution in [0.15, 0.2) is 59.5 Å². The summed E-state index contributed by atoms with van der Waals surface area (Å²) < 4.78 is 41.2. The molecule has 6 heteroatoms. The van der Waals surface area contributed by atoms with Crippen LogP contribution in [0.5, 0.6) is 5.75 Å². The monoisotopic (exact) mass is 379 g/mol. The number of nitrogens with zero attached hydrogens (tertiary/aromatic N) is 1. The van der Waals surface area contributed by atoms with Crippen molar-refractivity contribution < 1.29 is 18.4 Å². The predicted octanol–water partition coefficient (Wildman–Crippen LogP) is 3.84. The molecule has 1 aliphatic heterocycles. The number of rotatable bonds is 7. The lowest BCUT2D eigenvalue weighted by Crippen LogP contribution is -2.37. The second-order valence-electron chi connectivity index (χ2n) is 6.78. The number of halogens is 2. The Balaban J connectivity index is 1.50. The molecule has 140 valence electrons. The summed E-state index contributed by atoms with van der Waals surface area (Å²) in [6.45, 7) is 0.660. The average molecular weight is 379 g/mol. The predicted molar refractivity (Wildman–Crippen MR) is 99.1 cm³/mol. The topological polar surface area (TPSA) is 46.5 Å². The van der Waals surface area contributed by atoms with Crippen LogP contribution in [0.2, 0.25) is 0 Å². The zero-order chi connectivity index (χ0) is 18.6. The summed E-state index contributed by atoms with van der Waals surface area (Å²) in [7, 11) is 0. The largest absolute Gasteiger partial charge is 0.611 e. The van der Waals surface area contributed by atoms with Crippen molar-refractivity contribution in [2.24, 2.45) is 0 Å². The second kappa shape index (κ2) is 8.37. The Labute approximate surface area is 155 Å². The quantitative estimate of drug-likeness (QED) is 0.744. The number of likely N-dealkylation sites (tertiary alicyclic amines) is 1. The van der Waals surface area contributed by atoms with Gasteiger partial charge in [0, 0.05) is 25.9 Å². The van der Waals surface area contributed by atoms with Crippen molar-refractivity contribution in [2.75, 3.05) is 19.6 Å². The van der Waals surface area contributed by atoms with Gasteiger partial charge in [-0.05, 0) is 47.4 Å². The molecule has 26 heavy (non-hydrogen) atoms. The number of phenolic OH excluding ortho intramolecular Hbond substituents is 1. The van der Waals surface area contributed by atoms with Gasteiger partial charge in [0.1, 0.15) is 11.0 Å². The molecule has 1 fully saturated rings. The van der Waals surface area contributed by atoms with Crippen molar-refractivity contribution in [1.82, 2.24) is 4.90 Å². The van der Waals surface area contributed by atoms with E-state index >= 15 is 0 Å². The summed E-state index contributed by atoms with van der Waals surface area (Å²) in [5.74, 6) is -2.64. The number of alkyl halides is 2. The number of aromatic hydroxyl groups is 1. The van der Waals surface area contributed by atoms with E-state index in [0.717, 1.165) is 5.56 Å². The summed E-state index contributed by atoms with van der Waals surface area (Å²) in [5.41, 5.74) is 0.917. The standard InChI is InChI=1S/C20H23F2NO2S/c21-20(22,12-10-16-4-2-1-3-5-16)15-23-13-11-19(14-23)26(25)18-8-6-17(24)7-9-18/h1-9,19,24H,10-15H2/t19-,26?/m0/s1. The van der Waals surface area contributed by atoms with Crippen LogP contribution in [0.25, 0.3) is 0 Å². The van der Waals surface area contributed by atoms with Gasteiger partial charge < -0.3 is 9.66 Å². The third-order valence-electron chi connectivity index (χ3n) is 4.68. The first kappa shape index (κ1) is 19.1. The molecule has 0 aromatic heterocycles. The highest BCUT2D eigenvalue weighted by Crippen LogP contribution is 2.29. The number of hydrogen-bond donors (Lipinski definition) is 1. The van der Waals surface area contributed by atoms with Crippen molar-refractivity contribution >= 4 is 11.2 Å². The molecular weight excluding hydrogens is 356 g/mol. The lowest BCUT2D eigenvalue weighted by molar-refractivity contribution is -0.0339. The molecule has 1 N–H and O–H groups in total. The van der Waals surface area contributed by atoms with Crippen LogP contribution in [-0.4, -0.2) is 45.4 Å². The molecule has 0 spiro atoms. The number of phenols is 1. The van der Waals surface area contributed by atoms with Gasteiger partial charge in [0.15, 0.2) is 4.90 Å². The zero-order valence-corrected chi connectivity index (χ0v) is 15.3. The fourth-order valence-corrected chi connectivity index (χ4v) is 4.72. The van der Waals surface area contributed by atoms with Crippen LogP contribution in [0, 0.1) is 0 Å². The third-order valence-corrected chi connectivity index (χ3v) is 6.41. The molecular formula is C20H23F2NO2S. The van der Waals surface area contributed by atoms with Gasteiger partial charge in [-0.1, -0.05) is 30.3 Å². The van der Waals surface area contributed by atoms with Gasteiger partial charge in [-0.15, -0.1) is 0 Å². The van der Waals surface area contributed by atoms with Gasteiger partial charge in [0.2, 0.25) is 0 Å². The van der Waals surface area contributed by atoms with E-state index in [1.165, 1.54) is 12.1 Å². The third kappa shape index (κ3) is 5.19. The SMILES string of the molecule is [O-][S+](c1ccc(O)cc1)[C@H]1CCN(CC(F)(F)CCc2ccccc2)C1. The molecule has 0 saturated carbocycles. The summed E-state index contributed by atoms with van der Waals surface area (Å²) >= 11 is -1.25. The van der Waals surface area contributed by atoms with Crippen LogP contribution in [-0.2, 0) is 17.6 Å². The molecule has 2 aromatic rings. The second-order valence-corrected chi connectivity index (χ2v) is 8.51. The average Bonchev–Trinajstić information content (AvgIpc) is 3.09. The summed E-state index contributed by atoms with van der Waals surface area (Å²) in [6.07, 6.45) is 0.812. The number of benzene rings is 2. The van der Waals surface area contributed by atoms with Crippen LogP contribution in [0.4, 0.5) is 8.78 Å². The minimum Gasteiger partial charge on any atom is -0.611 e. The Hall–Kier alpha value is -1.63. The first-order valence-corrected chi connectivity index (χ1v) is 9.98. The van der Waals surface area contributed by atoms with Crippen molar-refractivity contribution in [3.8, 4) is 5.75 Å². The molecule has 1 aliphatic rings. The summed E-state index contributed by atoms with van der Waals surface area (Å²) in [5, 5.41) is 9.17. The molecule has 1 unspecified atom stereocenters. The highest BCUT2D eigenvalue weighted by Gasteiger charge is 2.38. The zero-order valence-electron chi connectivity index (χ0n) is 14.5. The van der Waals surface area contributed by atoms with Gasteiger partial charge in [-0.2, -0.15) is 0 Å². The Kier molecular flexibility index (Phi) is 6.16. The number of aryl methyl sites for hydroxylation is 1. The fraction of sp³-hybridized carbons (Fsp3) is 0.400. The fourth-order valence-electron chi connectivity index (χ4n) is 3.27. The maximum absolute atomic E-state index is 14.3. The van der Waals surface area contributed by atoms with E-state index in [2.05, 4.69) is 0 Å². The van der Waals surface area contributed by atoms with Crippen molar-refractivity contribution in [3.63, 3.8) is 0 Å². The first-order chi connectivity index (χ1) is 12.4. The molecule has 3 rings (SSSR count). The van der Waals surface area contributed by atoms with E-state index in [1.807, 2.05) is 30.3 Å². The molecule has 0 bridgehead atoms. The number of hydrogen-bond acceptors (Lipinski definition) is 3. The van der Waals surface area contributed by atoms with E-state index in [9.17, 15) is 18.4 Å². The molecule has 2 atom stereocenters. The molecule has 0 radical (unpaired) electrons. The Morgan fingerprint density at radius 3 is 2.50 bits per heavy atom.